The summed E-state index contributed by atoms with van der Waals surface area (Å²) in [5, 5.41) is 3.45. The van der Waals surface area contributed by atoms with Crippen molar-refractivity contribution in [3.63, 3.8) is 0 Å². The van der Waals surface area contributed by atoms with Crippen molar-refractivity contribution in [1.29, 1.82) is 0 Å². The van der Waals surface area contributed by atoms with Gasteiger partial charge >= 0.3 is 0 Å². The Hall–Kier alpha value is -2.65. The molecule has 1 atom stereocenters. The highest BCUT2D eigenvalue weighted by molar-refractivity contribution is 7.09. The van der Waals surface area contributed by atoms with Crippen molar-refractivity contribution < 1.29 is 14.4 Å². The Labute approximate surface area is 197 Å². The first-order valence-electron chi connectivity index (χ1n) is 10.6. The molecule has 0 radical (unpaired) electrons. The number of unbranched alkanes of at least 4 members (excludes halogenated alkanes) is 1. The van der Waals surface area contributed by atoms with Crippen LogP contribution in [0.5, 0.6) is 0 Å². The van der Waals surface area contributed by atoms with Crippen molar-refractivity contribution in [3.05, 3.63) is 39.9 Å². The maximum atomic E-state index is 13.6. The molecule has 32 heavy (non-hydrogen) atoms. The first-order valence-corrected chi connectivity index (χ1v) is 11.7. The highest BCUT2D eigenvalue weighted by Crippen LogP contribution is 2.29. The Morgan fingerprint density at radius 2 is 1.84 bits per heavy atom. The zero-order valence-electron chi connectivity index (χ0n) is 18.6. The number of aromatic nitrogens is 1. The van der Waals surface area contributed by atoms with Crippen LogP contribution in [-0.4, -0.2) is 34.7 Å². The molecule has 2 rings (SSSR count). The van der Waals surface area contributed by atoms with E-state index in [-0.39, 0.29) is 22.2 Å². The largest absolute Gasteiger partial charge is 0.395 e. The summed E-state index contributed by atoms with van der Waals surface area (Å²) < 4.78 is 3.93. The van der Waals surface area contributed by atoms with Crippen LogP contribution in [0, 0.1) is 5.92 Å². The maximum absolute atomic E-state index is 13.6. The molecule has 1 heterocycles. The predicted octanol–water partition coefficient (Wildman–Crippen LogP) is 3.85. The van der Waals surface area contributed by atoms with Crippen LogP contribution in [0.4, 0.5) is 11.4 Å². The highest BCUT2D eigenvalue weighted by atomic mass is 35.5. The molecular weight excluding hydrogens is 450 g/mol. The van der Waals surface area contributed by atoms with Gasteiger partial charge in [0.05, 0.1) is 5.69 Å². The molecule has 0 aliphatic heterocycles. The molecule has 0 aliphatic carbocycles. The van der Waals surface area contributed by atoms with Crippen molar-refractivity contribution >= 4 is 52.2 Å². The third-order valence-corrected chi connectivity index (χ3v) is 6.05. The molecule has 0 saturated carbocycles. The molecule has 1 aromatic heterocycles. The number of nitrogens with two attached hydrogens (primary N) is 2. The third kappa shape index (κ3) is 6.43. The molecular formula is C22H30ClN5O3S. The van der Waals surface area contributed by atoms with Gasteiger partial charge in [0, 0.05) is 17.3 Å². The lowest BCUT2D eigenvalue weighted by Crippen LogP contribution is -2.50. The SMILES string of the molecule is CCCC[C@H](C(=O)NCCC(C)C)N(C(=O)c1snc(C(N)=O)c1N)c1ccc(Cl)cc1. The van der Waals surface area contributed by atoms with E-state index in [1.807, 2.05) is 6.92 Å². The summed E-state index contributed by atoms with van der Waals surface area (Å²) in [6, 6.07) is 5.87. The van der Waals surface area contributed by atoms with E-state index in [1.165, 1.54) is 4.90 Å². The minimum atomic E-state index is -0.815. The number of primary amides is 1. The summed E-state index contributed by atoms with van der Waals surface area (Å²) in [5.41, 5.74) is 11.6. The molecule has 5 N–H and O–H groups in total. The Balaban J connectivity index is 2.48. The number of amides is 3. The van der Waals surface area contributed by atoms with E-state index in [2.05, 4.69) is 23.5 Å². The second-order valence-electron chi connectivity index (χ2n) is 7.92. The number of carbonyl (C=O) groups excluding carboxylic acids is 3. The summed E-state index contributed by atoms with van der Waals surface area (Å²) in [4.78, 5) is 39.9. The molecule has 0 spiro atoms. The van der Waals surface area contributed by atoms with Gasteiger partial charge < -0.3 is 16.8 Å². The van der Waals surface area contributed by atoms with Gasteiger partial charge in [-0.2, -0.15) is 4.37 Å². The molecule has 0 unspecified atom stereocenters. The fourth-order valence-electron chi connectivity index (χ4n) is 3.16. The Bertz CT molecular complexity index is 946. The topological polar surface area (TPSA) is 131 Å². The number of hydrogen-bond donors (Lipinski definition) is 3. The first kappa shape index (κ1) is 25.6. The fraction of sp³-hybridized carbons (Fsp3) is 0.455. The average molecular weight is 480 g/mol. The molecule has 2 aromatic rings. The van der Waals surface area contributed by atoms with Crippen molar-refractivity contribution in [2.75, 3.05) is 17.2 Å². The minimum absolute atomic E-state index is 0.0604. The van der Waals surface area contributed by atoms with E-state index in [0.29, 0.717) is 29.6 Å². The number of rotatable bonds is 11. The van der Waals surface area contributed by atoms with Gasteiger partial charge in [-0.1, -0.05) is 45.2 Å². The second kappa shape index (κ2) is 11.8. The lowest BCUT2D eigenvalue weighted by molar-refractivity contribution is -0.122. The predicted molar refractivity (Wildman–Crippen MR) is 129 cm³/mol. The van der Waals surface area contributed by atoms with Gasteiger partial charge in [-0.25, -0.2) is 0 Å². The molecule has 0 bridgehead atoms. The Kier molecular flexibility index (Phi) is 9.46. The van der Waals surface area contributed by atoms with Gasteiger partial charge in [0.2, 0.25) is 5.91 Å². The van der Waals surface area contributed by atoms with Gasteiger partial charge in [-0.05, 0) is 54.6 Å². The van der Waals surface area contributed by atoms with Crippen LogP contribution >= 0.6 is 23.1 Å². The van der Waals surface area contributed by atoms with Gasteiger partial charge in [-0.15, -0.1) is 0 Å². The number of halogens is 1. The smallest absolute Gasteiger partial charge is 0.272 e. The highest BCUT2D eigenvalue weighted by Gasteiger charge is 2.34. The average Bonchev–Trinajstić information content (AvgIpc) is 3.13. The summed E-state index contributed by atoms with van der Waals surface area (Å²) in [6.07, 6.45) is 2.88. The summed E-state index contributed by atoms with van der Waals surface area (Å²) in [7, 11) is 0. The number of nitrogens with zero attached hydrogens (tertiary/aromatic N) is 2. The van der Waals surface area contributed by atoms with E-state index in [1.54, 1.807) is 24.3 Å². The summed E-state index contributed by atoms with van der Waals surface area (Å²) in [5.74, 6) is -1.15. The van der Waals surface area contributed by atoms with Crippen molar-refractivity contribution in [1.82, 2.24) is 9.69 Å². The van der Waals surface area contributed by atoms with E-state index in [9.17, 15) is 14.4 Å². The lowest BCUT2D eigenvalue weighted by atomic mass is 10.0. The van der Waals surface area contributed by atoms with Gasteiger partial charge in [0.25, 0.3) is 11.8 Å². The number of anilines is 2. The molecule has 174 valence electrons. The number of benzene rings is 1. The number of hydrogen-bond acceptors (Lipinski definition) is 6. The number of nitrogen functional groups attached to an aromatic ring is 1. The lowest BCUT2D eigenvalue weighted by Gasteiger charge is -2.31. The van der Waals surface area contributed by atoms with Crippen LogP contribution < -0.4 is 21.7 Å². The van der Waals surface area contributed by atoms with Gasteiger partial charge in [0.15, 0.2) is 5.69 Å². The zero-order chi connectivity index (χ0) is 23.8. The van der Waals surface area contributed by atoms with Crippen LogP contribution in [0.1, 0.15) is 66.6 Å². The molecule has 0 fully saturated rings. The van der Waals surface area contributed by atoms with Crippen molar-refractivity contribution in [3.8, 4) is 0 Å². The molecule has 0 aliphatic rings. The van der Waals surface area contributed by atoms with E-state index >= 15 is 0 Å². The molecule has 8 nitrogen and oxygen atoms in total. The van der Waals surface area contributed by atoms with Crippen molar-refractivity contribution in [2.45, 2.75) is 52.5 Å². The fourth-order valence-corrected chi connectivity index (χ4v) is 4.02. The summed E-state index contributed by atoms with van der Waals surface area (Å²) >= 11 is 6.83. The monoisotopic (exact) mass is 479 g/mol. The van der Waals surface area contributed by atoms with Crippen LogP contribution in [0.25, 0.3) is 0 Å². The normalized spacial score (nSPS) is 11.9. The third-order valence-electron chi connectivity index (χ3n) is 4.95. The quantitative estimate of drug-likeness (QED) is 0.450. The Morgan fingerprint density at radius 3 is 2.38 bits per heavy atom. The summed E-state index contributed by atoms with van der Waals surface area (Å²) in [6.45, 7) is 6.68. The Morgan fingerprint density at radius 1 is 1.19 bits per heavy atom. The van der Waals surface area contributed by atoms with E-state index < -0.39 is 17.9 Å². The molecule has 1 aromatic carbocycles. The second-order valence-corrected chi connectivity index (χ2v) is 9.13. The standard InChI is InChI=1S/C22H30ClN5O3S/c1-4-5-6-16(21(30)26-12-11-13(2)3)28(15-9-7-14(23)8-10-15)22(31)19-17(24)18(20(25)29)27-32-19/h7-10,13,16H,4-6,11-12,24H2,1-3H3,(H2,25,29)(H,26,30)/t16-/m1/s1. The van der Waals surface area contributed by atoms with Crippen LogP contribution in [0.2, 0.25) is 5.02 Å². The molecule has 10 heteroatoms. The number of nitrogens with one attached hydrogen (secondary N) is 1. The van der Waals surface area contributed by atoms with Gasteiger partial charge in [-0.3, -0.25) is 19.3 Å². The zero-order valence-corrected chi connectivity index (χ0v) is 20.1. The minimum Gasteiger partial charge on any atom is -0.395 e. The first-order chi connectivity index (χ1) is 15.2. The maximum Gasteiger partial charge on any atom is 0.272 e. The van der Waals surface area contributed by atoms with Gasteiger partial charge in [0.1, 0.15) is 10.9 Å². The van der Waals surface area contributed by atoms with Crippen LogP contribution in [0.15, 0.2) is 24.3 Å². The van der Waals surface area contributed by atoms with Crippen molar-refractivity contribution in [2.24, 2.45) is 11.7 Å². The molecule has 0 saturated heterocycles. The van der Waals surface area contributed by atoms with Crippen LogP contribution in [-0.2, 0) is 4.79 Å². The molecule has 3 amide bonds. The van der Waals surface area contributed by atoms with Crippen LogP contribution in [0.3, 0.4) is 0 Å². The van der Waals surface area contributed by atoms with E-state index in [4.69, 9.17) is 23.1 Å². The van der Waals surface area contributed by atoms with E-state index in [0.717, 1.165) is 30.8 Å². The number of carbonyl (C=O) groups is 3.